The number of carboxylic acids is 1. The van der Waals surface area contributed by atoms with Crippen LogP contribution < -0.4 is 10.1 Å². The number of carbonyl (C=O) groups is 1. The van der Waals surface area contributed by atoms with Crippen molar-refractivity contribution in [2.45, 2.75) is 44.2 Å². The highest BCUT2D eigenvalue weighted by Crippen LogP contribution is 2.38. The van der Waals surface area contributed by atoms with E-state index in [9.17, 15) is 4.79 Å². The number of aromatic nitrogens is 2. The Balaban J connectivity index is 1.68. The minimum absolute atomic E-state index is 0.137. The molecule has 0 spiro atoms. The summed E-state index contributed by atoms with van der Waals surface area (Å²) in [5.41, 5.74) is 0.896. The summed E-state index contributed by atoms with van der Waals surface area (Å²) in [4.78, 5) is 19.7. The average molecular weight is 263 g/mol. The Morgan fingerprint density at radius 1 is 1.47 bits per heavy atom. The summed E-state index contributed by atoms with van der Waals surface area (Å²) in [7, 11) is 0. The second kappa shape index (κ2) is 4.77. The molecule has 1 aromatic rings. The predicted octanol–water partition coefficient (Wildman–Crippen LogP) is 0.856. The lowest BCUT2D eigenvalue weighted by Gasteiger charge is -2.12. The Hall–Kier alpha value is -1.69. The van der Waals surface area contributed by atoms with Crippen molar-refractivity contribution >= 4 is 5.97 Å². The lowest BCUT2D eigenvalue weighted by Crippen LogP contribution is -2.30. The molecule has 0 bridgehead atoms. The van der Waals surface area contributed by atoms with Crippen LogP contribution in [-0.2, 0) is 4.79 Å². The van der Waals surface area contributed by atoms with Crippen molar-refractivity contribution in [3.05, 3.63) is 17.6 Å². The summed E-state index contributed by atoms with van der Waals surface area (Å²) in [5.74, 6) is 1.07. The third-order valence-corrected chi connectivity index (χ3v) is 3.47. The molecule has 1 aliphatic carbocycles. The maximum atomic E-state index is 10.9. The zero-order valence-corrected chi connectivity index (χ0v) is 10.8. The summed E-state index contributed by atoms with van der Waals surface area (Å²) in [6.45, 7) is 2.46. The molecule has 0 aromatic carbocycles. The zero-order chi connectivity index (χ0) is 13.4. The molecular weight excluding hydrogens is 246 g/mol. The van der Waals surface area contributed by atoms with Gasteiger partial charge in [0, 0.05) is 30.6 Å². The molecule has 3 rings (SSSR count). The van der Waals surface area contributed by atoms with Gasteiger partial charge in [-0.05, 0) is 19.8 Å². The van der Waals surface area contributed by atoms with Crippen LogP contribution in [0, 0.1) is 6.92 Å². The largest absolute Gasteiger partial charge is 0.480 e. The summed E-state index contributed by atoms with van der Waals surface area (Å²) >= 11 is 0. The van der Waals surface area contributed by atoms with Crippen LogP contribution in [0.2, 0.25) is 0 Å². The van der Waals surface area contributed by atoms with E-state index in [0.29, 0.717) is 24.8 Å². The van der Waals surface area contributed by atoms with E-state index < -0.39 is 12.0 Å². The van der Waals surface area contributed by atoms with Gasteiger partial charge in [-0.1, -0.05) is 0 Å². The SMILES string of the molecule is Cc1cc(OC2CNC(C(=O)O)C2)nc(C2CC2)n1. The van der Waals surface area contributed by atoms with Crippen LogP contribution in [0.3, 0.4) is 0 Å². The second-order valence-electron chi connectivity index (χ2n) is 5.25. The van der Waals surface area contributed by atoms with Gasteiger partial charge in [0.15, 0.2) is 0 Å². The van der Waals surface area contributed by atoms with Crippen LogP contribution in [0.5, 0.6) is 5.88 Å². The molecule has 2 N–H and O–H groups in total. The number of rotatable bonds is 4. The molecule has 6 nitrogen and oxygen atoms in total. The number of nitrogens with one attached hydrogen (secondary N) is 1. The standard InChI is InChI=1S/C13H17N3O3/c1-7-4-11(16-12(15-7)8-2-3-8)19-9-5-10(13(17)18)14-6-9/h4,8-10,14H,2-3,5-6H2,1H3,(H,17,18). The van der Waals surface area contributed by atoms with Crippen molar-refractivity contribution in [1.29, 1.82) is 0 Å². The Bertz CT molecular complexity index is 502. The predicted molar refractivity (Wildman–Crippen MR) is 67.2 cm³/mol. The van der Waals surface area contributed by atoms with Crippen LogP contribution >= 0.6 is 0 Å². The average Bonchev–Trinajstić information content (AvgIpc) is 3.09. The van der Waals surface area contributed by atoms with Crippen LogP contribution in [0.15, 0.2) is 6.07 Å². The van der Waals surface area contributed by atoms with Crippen molar-refractivity contribution in [3.63, 3.8) is 0 Å². The van der Waals surface area contributed by atoms with Crippen molar-refractivity contribution in [2.24, 2.45) is 0 Å². The van der Waals surface area contributed by atoms with Gasteiger partial charge in [-0.25, -0.2) is 4.98 Å². The van der Waals surface area contributed by atoms with Gasteiger partial charge in [-0.3, -0.25) is 4.79 Å². The Labute approximate surface area is 111 Å². The highest BCUT2D eigenvalue weighted by molar-refractivity contribution is 5.73. The monoisotopic (exact) mass is 263 g/mol. The second-order valence-corrected chi connectivity index (χ2v) is 5.25. The van der Waals surface area contributed by atoms with Gasteiger partial charge in [0.05, 0.1) is 0 Å². The van der Waals surface area contributed by atoms with Crippen molar-refractivity contribution in [2.75, 3.05) is 6.54 Å². The quantitative estimate of drug-likeness (QED) is 0.838. The van der Waals surface area contributed by atoms with Crippen LogP contribution in [0.25, 0.3) is 0 Å². The molecule has 2 atom stereocenters. The van der Waals surface area contributed by atoms with Gasteiger partial charge < -0.3 is 15.2 Å². The molecule has 6 heteroatoms. The first-order valence-corrected chi connectivity index (χ1v) is 6.60. The molecule has 0 amide bonds. The Kier molecular flexibility index (Phi) is 3.10. The smallest absolute Gasteiger partial charge is 0.320 e. The first-order valence-electron chi connectivity index (χ1n) is 6.60. The molecule has 1 saturated carbocycles. The summed E-state index contributed by atoms with van der Waals surface area (Å²) in [5, 5.41) is 11.8. The molecule has 102 valence electrons. The molecule has 2 fully saturated rings. The zero-order valence-electron chi connectivity index (χ0n) is 10.8. The number of aliphatic carboxylic acids is 1. The lowest BCUT2D eigenvalue weighted by atomic mass is 10.2. The summed E-state index contributed by atoms with van der Waals surface area (Å²) < 4.78 is 5.78. The number of aryl methyl sites for hydroxylation is 1. The van der Waals surface area contributed by atoms with E-state index in [1.165, 1.54) is 0 Å². The van der Waals surface area contributed by atoms with Gasteiger partial charge in [0.1, 0.15) is 18.0 Å². The van der Waals surface area contributed by atoms with Gasteiger partial charge in [0.25, 0.3) is 0 Å². The van der Waals surface area contributed by atoms with Gasteiger partial charge in [-0.15, -0.1) is 0 Å². The Morgan fingerprint density at radius 2 is 2.26 bits per heavy atom. The molecular formula is C13H17N3O3. The highest BCUT2D eigenvalue weighted by Gasteiger charge is 2.31. The van der Waals surface area contributed by atoms with Crippen molar-refractivity contribution in [1.82, 2.24) is 15.3 Å². The fraction of sp³-hybridized carbons (Fsp3) is 0.615. The van der Waals surface area contributed by atoms with E-state index in [1.807, 2.05) is 6.92 Å². The van der Waals surface area contributed by atoms with E-state index >= 15 is 0 Å². The fourth-order valence-electron chi connectivity index (χ4n) is 2.30. The highest BCUT2D eigenvalue weighted by atomic mass is 16.5. The molecule has 2 aliphatic rings. The van der Waals surface area contributed by atoms with Crippen molar-refractivity contribution in [3.8, 4) is 5.88 Å². The first kappa shape index (κ1) is 12.3. The number of hydrogen-bond donors (Lipinski definition) is 2. The maximum absolute atomic E-state index is 10.9. The fourth-order valence-corrected chi connectivity index (χ4v) is 2.30. The molecule has 19 heavy (non-hydrogen) atoms. The summed E-state index contributed by atoms with van der Waals surface area (Å²) in [6, 6.07) is 1.29. The number of carboxylic acid groups (broad SMARTS) is 1. The summed E-state index contributed by atoms with van der Waals surface area (Å²) in [6.07, 6.45) is 2.63. The van der Waals surface area contributed by atoms with Gasteiger partial charge in [-0.2, -0.15) is 4.98 Å². The lowest BCUT2D eigenvalue weighted by molar-refractivity contribution is -0.139. The van der Waals surface area contributed by atoms with Crippen LogP contribution in [0.4, 0.5) is 0 Å². The van der Waals surface area contributed by atoms with E-state index in [4.69, 9.17) is 9.84 Å². The third kappa shape index (κ3) is 2.84. The number of ether oxygens (including phenoxy) is 1. The molecule has 0 radical (unpaired) electrons. The molecule has 2 heterocycles. The third-order valence-electron chi connectivity index (χ3n) is 3.47. The van der Waals surface area contributed by atoms with E-state index in [1.54, 1.807) is 6.07 Å². The van der Waals surface area contributed by atoms with Crippen LogP contribution in [0.1, 0.15) is 36.7 Å². The van der Waals surface area contributed by atoms with Crippen molar-refractivity contribution < 1.29 is 14.6 Å². The van der Waals surface area contributed by atoms with Gasteiger partial charge >= 0.3 is 5.97 Å². The van der Waals surface area contributed by atoms with E-state index in [0.717, 1.165) is 24.4 Å². The minimum Gasteiger partial charge on any atom is -0.480 e. The van der Waals surface area contributed by atoms with Gasteiger partial charge in [0.2, 0.25) is 5.88 Å². The van der Waals surface area contributed by atoms with Crippen LogP contribution in [-0.4, -0.2) is 39.7 Å². The molecule has 1 aromatic heterocycles. The first-order chi connectivity index (χ1) is 9.11. The molecule has 2 unspecified atom stereocenters. The molecule has 1 saturated heterocycles. The minimum atomic E-state index is -0.830. The topological polar surface area (TPSA) is 84.3 Å². The number of hydrogen-bond acceptors (Lipinski definition) is 5. The normalized spacial score (nSPS) is 26.4. The van der Waals surface area contributed by atoms with E-state index in [2.05, 4.69) is 15.3 Å². The Morgan fingerprint density at radius 3 is 2.89 bits per heavy atom. The maximum Gasteiger partial charge on any atom is 0.320 e. The number of nitrogens with zero attached hydrogens (tertiary/aromatic N) is 2. The molecule has 1 aliphatic heterocycles. The van der Waals surface area contributed by atoms with E-state index in [-0.39, 0.29) is 6.10 Å².